The van der Waals surface area contributed by atoms with Crippen LogP contribution < -0.4 is 5.32 Å². The zero-order chi connectivity index (χ0) is 13.7. The van der Waals surface area contributed by atoms with Gasteiger partial charge in [-0.05, 0) is 44.7 Å². The lowest BCUT2D eigenvalue weighted by molar-refractivity contribution is 0.266. The van der Waals surface area contributed by atoms with Gasteiger partial charge in [0.25, 0.3) is 0 Å². The number of aliphatic imine (C=N–C) groups is 1. The molecular formula is C15H25N3S. The molecule has 0 aromatic carbocycles. The Morgan fingerprint density at radius 1 is 1.53 bits per heavy atom. The van der Waals surface area contributed by atoms with Gasteiger partial charge >= 0.3 is 0 Å². The van der Waals surface area contributed by atoms with E-state index in [4.69, 9.17) is 4.99 Å². The van der Waals surface area contributed by atoms with Crippen LogP contribution in [0.5, 0.6) is 0 Å². The minimum atomic E-state index is 0.779. The summed E-state index contributed by atoms with van der Waals surface area (Å²) < 4.78 is 0. The molecule has 3 nitrogen and oxygen atoms in total. The Hall–Kier alpha value is -1.03. The van der Waals surface area contributed by atoms with Gasteiger partial charge in [-0.25, -0.2) is 4.99 Å². The van der Waals surface area contributed by atoms with E-state index in [1.165, 1.54) is 22.6 Å². The van der Waals surface area contributed by atoms with Crippen molar-refractivity contribution in [2.45, 2.75) is 40.2 Å². The van der Waals surface area contributed by atoms with E-state index in [2.05, 4.69) is 43.1 Å². The monoisotopic (exact) mass is 279 g/mol. The molecule has 0 saturated carbocycles. The summed E-state index contributed by atoms with van der Waals surface area (Å²) in [4.78, 5) is 9.92. The summed E-state index contributed by atoms with van der Waals surface area (Å²) >= 11 is 1.84. The summed E-state index contributed by atoms with van der Waals surface area (Å²) in [6, 6.07) is 4.36. The third-order valence-electron chi connectivity index (χ3n) is 3.47. The van der Waals surface area contributed by atoms with Gasteiger partial charge in [0, 0.05) is 29.4 Å². The minimum absolute atomic E-state index is 0.779. The molecule has 0 aliphatic carbocycles. The van der Waals surface area contributed by atoms with Crippen LogP contribution in [0, 0.1) is 12.8 Å². The number of guanidine groups is 1. The first-order valence-electron chi connectivity index (χ1n) is 7.27. The molecule has 0 spiro atoms. The smallest absolute Gasteiger partial charge is 0.194 e. The first kappa shape index (κ1) is 14.4. The van der Waals surface area contributed by atoms with Crippen LogP contribution >= 0.6 is 11.3 Å². The van der Waals surface area contributed by atoms with Crippen molar-refractivity contribution >= 4 is 17.3 Å². The minimum Gasteiger partial charge on any atom is -0.357 e. The van der Waals surface area contributed by atoms with Crippen LogP contribution in [0.3, 0.4) is 0 Å². The van der Waals surface area contributed by atoms with Crippen molar-refractivity contribution in [3.63, 3.8) is 0 Å². The molecule has 1 unspecified atom stereocenters. The maximum Gasteiger partial charge on any atom is 0.194 e. The number of hydrogen-bond donors (Lipinski definition) is 1. The maximum atomic E-state index is 4.80. The summed E-state index contributed by atoms with van der Waals surface area (Å²) in [6.45, 7) is 10.6. The van der Waals surface area contributed by atoms with E-state index in [1.54, 1.807) is 0 Å². The predicted octanol–water partition coefficient (Wildman–Crippen LogP) is 3.25. The van der Waals surface area contributed by atoms with E-state index in [0.29, 0.717) is 0 Å². The van der Waals surface area contributed by atoms with Crippen LogP contribution in [-0.4, -0.2) is 30.5 Å². The number of thiophene rings is 1. The lowest BCUT2D eigenvalue weighted by atomic mass is 10.0. The molecule has 1 fully saturated rings. The Kier molecular flexibility index (Phi) is 5.25. The number of hydrogen-bond acceptors (Lipinski definition) is 2. The maximum absolute atomic E-state index is 4.80. The van der Waals surface area contributed by atoms with Gasteiger partial charge in [0.15, 0.2) is 5.96 Å². The van der Waals surface area contributed by atoms with Crippen molar-refractivity contribution in [1.82, 2.24) is 10.2 Å². The fourth-order valence-electron chi connectivity index (χ4n) is 2.53. The first-order valence-corrected chi connectivity index (χ1v) is 8.09. The molecule has 0 radical (unpaired) electrons. The highest BCUT2D eigenvalue weighted by Crippen LogP contribution is 2.18. The van der Waals surface area contributed by atoms with Crippen LogP contribution in [0.15, 0.2) is 17.1 Å². The summed E-state index contributed by atoms with van der Waals surface area (Å²) in [5, 5.41) is 3.43. The Morgan fingerprint density at radius 3 is 3.00 bits per heavy atom. The van der Waals surface area contributed by atoms with Gasteiger partial charge in [-0.3, -0.25) is 0 Å². The SMILES string of the molecule is CCNC(=NCc1ccc(C)s1)N1CCCC(C)C1. The second kappa shape index (κ2) is 6.94. The molecule has 4 heteroatoms. The molecule has 1 aromatic rings. The van der Waals surface area contributed by atoms with Crippen LogP contribution in [0.4, 0.5) is 0 Å². The zero-order valence-corrected chi connectivity index (χ0v) is 13.1. The van der Waals surface area contributed by atoms with E-state index in [-0.39, 0.29) is 0 Å². The van der Waals surface area contributed by atoms with Gasteiger partial charge in [0.05, 0.1) is 6.54 Å². The predicted molar refractivity (Wildman–Crippen MR) is 83.8 cm³/mol. The van der Waals surface area contributed by atoms with Crippen molar-refractivity contribution < 1.29 is 0 Å². The average molecular weight is 279 g/mol. The van der Waals surface area contributed by atoms with Gasteiger partial charge < -0.3 is 10.2 Å². The van der Waals surface area contributed by atoms with E-state index in [9.17, 15) is 0 Å². The van der Waals surface area contributed by atoms with Crippen molar-refractivity contribution in [3.8, 4) is 0 Å². The zero-order valence-electron chi connectivity index (χ0n) is 12.3. The van der Waals surface area contributed by atoms with E-state index in [1.807, 2.05) is 11.3 Å². The average Bonchev–Trinajstić information content (AvgIpc) is 2.80. The van der Waals surface area contributed by atoms with E-state index in [0.717, 1.165) is 38.1 Å². The van der Waals surface area contributed by atoms with Gasteiger partial charge in [-0.15, -0.1) is 11.3 Å². The second-order valence-corrected chi connectivity index (χ2v) is 6.75. The molecule has 1 aliphatic heterocycles. The number of nitrogens with one attached hydrogen (secondary N) is 1. The largest absolute Gasteiger partial charge is 0.357 e. The molecule has 0 amide bonds. The van der Waals surface area contributed by atoms with Crippen molar-refractivity contribution in [1.29, 1.82) is 0 Å². The molecule has 1 atom stereocenters. The van der Waals surface area contributed by atoms with Crippen LogP contribution in [0.2, 0.25) is 0 Å². The standard InChI is InChI=1S/C15H25N3S/c1-4-16-15(18-9-5-6-12(2)11-18)17-10-14-8-7-13(3)19-14/h7-8,12H,4-6,9-11H2,1-3H3,(H,16,17). The number of nitrogens with zero attached hydrogens (tertiary/aromatic N) is 2. The Morgan fingerprint density at radius 2 is 2.37 bits per heavy atom. The molecule has 19 heavy (non-hydrogen) atoms. The number of rotatable bonds is 3. The molecular weight excluding hydrogens is 254 g/mol. The Balaban J connectivity index is 2.01. The number of piperidine rings is 1. The van der Waals surface area contributed by atoms with Gasteiger partial charge in [-0.1, -0.05) is 6.92 Å². The Labute approximate surface area is 120 Å². The lowest BCUT2D eigenvalue weighted by Gasteiger charge is -2.33. The number of aryl methyl sites for hydroxylation is 1. The van der Waals surface area contributed by atoms with Crippen molar-refractivity contribution in [2.75, 3.05) is 19.6 Å². The summed E-state index contributed by atoms with van der Waals surface area (Å²) in [5.41, 5.74) is 0. The lowest BCUT2D eigenvalue weighted by Crippen LogP contribution is -2.46. The van der Waals surface area contributed by atoms with E-state index >= 15 is 0 Å². The Bertz CT molecular complexity index is 425. The molecule has 106 valence electrons. The summed E-state index contributed by atoms with van der Waals surface area (Å²) in [6.07, 6.45) is 2.63. The quantitative estimate of drug-likeness (QED) is 0.679. The summed E-state index contributed by atoms with van der Waals surface area (Å²) in [5.74, 6) is 1.86. The highest BCUT2D eigenvalue weighted by molar-refractivity contribution is 7.11. The van der Waals surface area contributed by atoms with Crippen molar-refractivity contribution in [3.05, 3.63) is 21.9 Å². The van der Waals surface area contributed by atoms with Gasteiger partial charge in [-0.2, -0.15) is 0 Å². The highest BCUT2D eigenvalue weighted by Gasteiger charge is 2.18. The molecule has 1 aromatic heterocycles. The van der Waals surface area contributed by atoms with Gasteiger partial charge in [0.2, 0.25) is 0 Å². The molecule has 0 bridgehead atoms. The second-order valence-electron chi connectivity index (χ2n) is 5.38. The molecule has 1 N–H and O–H groups in total. The third-order valence-corrected chi connectivity index (χ3v) is 4.46. The molecule has 1 saturated heterocycles. The molecule has 2 rings (SSSR count). The van der Waals surface area contributed by atoms with Crippen LogP contribution in [0.25, 0.3) is 0 Å². The van der Waals surface area contributed by atoms with Gasteiger partial charge in [0.1, 0.15) is 0 Å². The first-order chi connectivity index (χ1) is 9.19. The van der Waals surface area contributed by atoms with Crippen LogP contribution in [0.1, 0.15) is 36.4 Å². The van der Waals surface area contributed by atoms with Crippen LogP contribution in [-0.2, 0) is 6.54 Å². The topological polar surface area (TPSA) is 27.6 Å². The number of likely N-dealkylation sites (tertiary alicyclic amines) is 1. The summed E-state index contributed by atoms with van der Waals surface area (Å²) in [7, 11) is 0. The fraction of sp³-hybridized carbons (Fsp3) is 0.667. The van der Waals surface area contributed by atoms with Crippen molar-refractivity contribution in [2.24, 2.45) is 10.9 Å². The van der Waals surface area contributed by atoms with E-state index < -0.39 is 0 Å². The molecule has 1 aliphatic rings. The third kappa shape index (κ3) is 4.23. The highest BCUT2D eigenvalue weighted by atomic mass is 32.1. The molecule has 2 heterocycles. The normalized spacial score (nSPS) is 20.7. The fourth-order valence-corrected chi connectivity index (χ4v) is 3.35.